The van der Waals surface area contributed by atoms with E-state index in [4.69, 9.17) is 4.74 Å². The number of rotatable bonds is 4. The van der Waals surface area contributed by atoms with Crippen molar-refractivity contribution in [1.29, 1.82) is 0 Å². The molecule has 0 unspecified atom stereocenters. The number of benzene rings is 1. The van der Waals surface area contributed by atoms with Crippen molar-refractivity contribution >= 4 is 0 Å². The van der Waals surface area contributed by atoms with Gasteiger partial charge in [-0.1, -0.05) is 30.3 Å². The number of aromatic nitrogens is 1. The lowest BCUT2D eigenvalue weighted by molar-refractivity contribution is 0.201. The van der Waals surface area contributed by atoms with Crippen LogP contribution in [0.1, 0.15) is 23.1 Å². The molecule has 2 heterocycles. The zero-order chi connectivity index (χ0) is 17.1. The Morgan fingerprint density at radius 3 is 2.48 bits per heavy atom. The van der Waals surface area contributed by atoms with E-state index >= 15 is 0 Å². The van der Waals surface area contributed by atoms with E-state index in [-0.39, 0.29) is 0 Å². The summed E-state index contributed by atoms with van der Waals surface area (Å²) in [5.74, 6) is 0.687. The van der Waals surface area contributed by atoms with Crippen LogP contribution in [0.5, 0.6) is 5.88 Å². The molecule has 25 heavy (non-hydrogen) atoms. The predicted molar refractivity (Wildman–Crippen MR) is 99.9 cm³/mol. The van der Waals surface area contributed by atoms with Crippen molar-refractivity contribution < 1.29 is 4.74 Å². The Labute approximate surface area is 150 Å². The number of ether oxygens (including phenoxy) is 1. The van der Waals surface area contributed by atoms with Crippen LogP contribution in [0.25, 0.3) is 0 Å². The Hall–Kier alpha value is -1.91. The number of methoxy groups -OCH3 is 1. The Morgan fingerprint density at radius 2 is 1.80 bits per heavy atom. The van der Waals surface area contributed by atoms with Crippen molar-refractivity contribution in [3.63, 3.8) is 0 Å². The molecule has 0 atom stereocenters. The van der Waals surface area contributed by atoms with E-state index in [1.54, 1.807) is 18.2 Å². The average Bonchev–Trinajstić information content (AvgIpc) is 2.95. The van der Waals surface area contributed by atoms with Crippen LogP contribution >= 0.6 is 0 Å². The molecule has 1 aliphatic heterocycles. The fourth-order valence-electron chi connectivity index (χ4n) is 4.19. The molecule has 0 spiro atoms. The first-order valence-corrected chi connectivity index (χ1v) is 9.34. The van der Waals surface area contributed by atoms with Gasteiger partial charge in [0.1, 0.15) is 0 Å². The number of pyridine rings is 1. The van der Waals surface area contributed by atoms with Crippen LogP contribution in [0.15, 0.2) is 42.6 Å². The molecule has 1 aliphatic carbocycles. The maximum absolute atomic E-state index is 5.15. The predicted octanol–water partition coefficient (Wildman–Crippen LogP) is 2.77. The zero-order valence-corrected chi connectivity index (χ0v) is 15.0. The first-order valence-electron chi connectivity index (χ1n) is 9.34. The summed E-state index contributed by atoms with van der Waals surface area (Å²) < 4.78 is 5.15. The summed E-state index contributed by atoms with van der Waals surface area (Å²) in [6.07, 6.45) is 5.63. The highest BCUT2D eigenvalue weighted by Gasteiger charge is 2.27. The molecule has 2 aromatic rings. The van der Waals surface area contributed by atoms with E-state index in [1.807, 2.05) is 12.3 Å². The number of fused-ring (bicyclic) bond motifs is 1. The van der Waals surface area contributed by atoms with Gasteiger partial charge in [0, 0.05) is 37.9 Å². The van der Waals surface area contributed by atoms with Crippen LogP contribution in [-0.4, -0.2) is 54.1 Å². The maximum Gasteiger partial charge on any atom is 0.212 e. The molecule has 1 saturated heterocycles. The Balaban J connectivity index is 1.33. The van der Waals surface area contributed by atoms with Gasteiger partial charge >= 0.3 is 0 Å². The van der Waals surface area contributed by atoms with Crippen molar-refractivity contribution in [2.45, 2.75) is 31.8 Å². The van der Waals surface area contributed by atoms with Crippen LogP contribution in [-0.2, 0) is 19.4 Å². The topological polar surface area (TPSA) is 28.6 Å². The summed E-state index contributed by atoms with van der Waals surface area (Å²) in [6.45, 7) is 5.68. The van der Waals surface area contributed by atoms with Gasteiger partial charge in [0.05, 0.1) is 7.11 Å². The number of hydrogen-bond donors (Lipinski definition) is 0. The zero-order valence-electron chi connectivity index (χ0n) is 15.0. The molecule has 132 valence electrons. The third kappa shape index (κ3) is 3.86. The normalized spacial score (nSPS) is 19.6. The minimum absolute atomic E-state index is 0.687. The monoisotopic (exact) mass is 337 g/mol. The summed E-state index contributed by atoms with van der Waals surface area (Å²) in [5.41, 5.74) is 4.37. The highest BCUT2D eigenvalue weighted by Crippen LogP contribution is 2.26. The van der Waals surface area contributed by atoms with Gasteiger partial charge in [-0.05, 0) is 49.0 Å². The highest BCUT2D eigenvalue weighted by molar-refractivity contribution is 5.33. The second-order valence-corrected chi connectivity index (χ2v) is 7.21. The van der Waals surface area contributed by atoms with Crippen LogP contribution in [0.3, 0.4) is 0 Å². The first-order chi connectivity index (χ1) is 12.3. The van der Waals surface area contributed by atoms with Crippen LogP contribution in [0.2, 0.25) is 0 Å². The number of nitrogens with zero attached hydrogens (tertiary/aromatic N) is 3. The van der Waals surface area contributed by atoms with Gasteiger partial charge in [0.15, 0.2) is 0 Å². The fraction of sp³-hybridized carbons (Fsp3) is 0.476. The molecule has 4 heteroatoms. The van der Waals surface area contributed by atoms with Crippen molar-refractivity contribution in [1.82, 2.24) is 14.8 Å². The third-order valence-corrected chi connectivity index (χ3v) is 5.58. The molecule has 2 aliphatic rings. The highest BCUT2D eigenvalue weighted by atomic mass is 16.5. The summed E-state index contributed by atoms with van der Waals surface area (Å²) >= 11 is 0. The maximum atomic E-state index is 5.15. The van der Waals surface area contributed by atoms with Gasteiger partial charge in [-0.25, -0.2) is 4.98 Å². The van der Waals surface area contributed by atoms with Gasteiger partial charge in [0.2, 0.25) is 5.88 Å². The fourth-order valence-corrected chi connectivity index (χ4v) is 4.19. The number of hydrogen-bond acceptors (Lipinski definition) is 4. The lowest BCUT2D eigenvalue weighted by atomic mass is 10.1. The van der Waals surface area contributed by atoms with E-state index in [0.717, 1.165) is 13.1 Å². The quantitative estimate of drug-likeness (QED) is 0.858. The molecule has 0 N–H and O–H groups in total. The average molecular weight is 337 g/mol. The van der Waals surface area contributed by atoms with Gasteiger partial charge in [-0.15, -0.1) is 0 Å². The summed E-state index contributed by atoms with van der Waals surface area (Å²) in [5, 5.41) is 0. The van der Waals surface area contributed by atoms with Crippen molar-refractivity contribution in [2.24, 2.45) is 0 Å². The minimum atomic E-state index is 0.687. The lowest BCUT2D eigenvalue weighted by Crippen LogP contribution is -2.38. The SMILES string of the molecule is COc1ccc(CN2CCCN(C3Cc4ccccc4C3)CC2)cn1. The first kappa shape index (κ1) is 16.6. The molecular weight excluding hydrogens is 310 g/mol. The molecule has 1 aromatic carbocycles. The molecule has 0 radical (unpaired) electrons. The second kappa shape index (κ2) is 7.54. The van der Waals surface area contributed by atoms with E-state index in [2.05, 4.69) is 45.1 Å². The molecular formula is C21H27N3O. The van der Waals surface area contributed by atoms with Crippen LogP contribution in [0, 0.1) is 0 Å². The van der Waals surface area contributed by atoms with Gasteiger partial charge in [-0.3, -0.25) is 9.80 Å². The molecule has 1 fully saturated rings. The van der Waals surface area contributed by atoms with Crippen molar-refractivity contribution in [3.05, 3.63) is 59.3 Å². The van der Waals surface area contributed by atoms with E-state index < -0.39 is 0 Å². The van der Waals surface area contributed by atoms with Crippen molar-refractivity contribution in [2.75, 3.05) is 33.3 Å². The Bertz CT molecular complexity index is 676. The Kier molecular flexibility index (Phi) is 4.99. The summed E-state index contributed by atoms with van der Waals surface area (Å²) in [6, 6.07) is 13.7. The largest absolute Gasteiger partial charge is 0.481 e. The standard InChI is InChI=1S/C21H27N3O/c1-25-21-8-7-17(15-22-21)16-23-9-4-10-24(12-11-23)20-13-18-5-2-3-6-19(18)14-20/h2-3,5-8,15,20H,4,9-14,16H2,1H3. The van der Waals surface area contributed by atoms with E-state index in [0.29, 0.717) is 11.9 Å². The van der Waals surface area contributed by atoms with Crippen LogP contribution < -0.4 is 4.74 Å². The summed E-state index contributed by atoms with van der Waals surface area (Å²) in [7, 11) is 1.66. The van der Waals surface area contributed by atoms with Gasteiger partial charge in [-0.2, -0.15) is 0 Å². The lowest BCUT2D eigenvalue weighted by Gasteiger charge is -2.27. The molecule has 4 nitrogen and oxygen atoms in total. The molecule has 4 rings (SSSR count). The summed E-state index contributed by atoms with van der Waals surface area (Å²) in [4.78, 5) is 9.60. The van der Waals surface area contributed by atoms with Gasteiger partial charge in [0.25, 0.3) is 0 Å². The smallest absolute Gasteiger partial charge is 0.212 e. The molecule has 0 amide bonds. The second-order valence-electron chi connectivity index (χ2n) is 7.21. The third-order valence-electron chi connectivity index (χ3n) is 5.58. The van der Waals surface area contributed by atoms with E-state index in [9.17, 15) is 0 Å². The Morgan fingerprint density at radius 1 is 1.00 bits per heavy atom. The van der Waals surface area contributed by atoms with Crippen LogP contribution in [0.4, 0.5) is 0 Å². The molecule has 0 bridgehead atoms. The molecule has 1 aromatic heterocycles. The molecule has 0 saturated carbocycles. The van der Waals surface area contributed by atoms with Gasteiger partial charge < -0.3 is 4.74 Å². The van der Waals surface area contributed by atoms with Crippen molar-refractivity contribution in [3.8, 4) is 5.88 Å². The van der Waals surface area contributed by atoms with E-state index in [1.165, 1.54) is 44.5 Å². The minimum Gasteiger partial charge on any atom is -0.481 e.